The Morgan fingerprint density at radius 1 is 1.17 bits per heavy atom. The van der Waals surface area contributed by atoms with Crippen molar-refractivity contribution in [2.24, 2.45) is 0 Å². The fourth-order valence-corrected chi connectivity index (χ4v) is 1.93. The van der Waals surface area contributed by atoms with Crippen LogP contribution in [0.15, 0.2) is 4.52 Å². The molecule has 6 heteroatoms. The third kappa shape index (κ3) is 2.09. The van der Waals surface area contributed by atoms with Crippen LogP contribution in [0.5, 0.6) is 0 Å². The van der Waals surface area contributed by atoms with Crippen molar-refractivity contribution < 1.29 is 18.6 Å². The Kier molecular flexibility index (Phi) is 3.29. The number of aryl methyl sites for hydroxylation is 1. The number of rotatable bonds is 3. The number of nitrogens with zero attached hydrogens (tertiary/aromatic N) is 1. The van der Waals surface area contributed by atoms with Gasteiger partial charge in [-0.1, -0.05) is 5.16 Å². The molecule has 0 spiro atoms. The SMILES string of the molecule is COCc1noc(C)c1B1OC(C)(C)C(C)(C)O1. The molecule has 18 heavy (non-hydrogen) atoms. The molecule has 0 atom stereocenters. The van der Waals surface area contributed by atoms with E-state index in [1.165, 1.54) is 0 Å². The third-order valence-electron chi connectivity index (χ3n) is 3.75. The number of hydrogen-bond acceptors (Lipinski definition) is 5. The maximum absolute atomic E-state index is 6.00. The van der Waals surface area contributed by atoms with E-state index in [4.69, 9.17) is 18.6 Å². The van der Waals surface area contributed by atoms with Gasteiger partial charge < -0.3 is 18.6 Å². The summed E-state index contributed by atoms with van der Waals surface area (Å²) in [6, 6.07) is 0. The van der Waals surface area contributed by atoms with Crippen LogP contribution in [-0.2, 0) is 20.7 Å². The molecule has 0 aromatic carbocycles. The second-order valence-electron chi connectivity index (χ2n) is 5.62. The van der Waals surface area contributed by atoms with E-state index in [1.807, 2.05) is 34.6 Å². The summed E-state index contributed by atoms with van der Waals surface area (Å²) in [4.78, 5) is 0. The second kappa shape index (κ2) is 4.37. The lowest BCUT2D eigenvalue weighted by atomic mass is 9.77. The van der Waals surface area contributed by atoms with E-state index in [0.29, 0.717) is 12.4 Å². The minimum Gasteiger partial charge on any atom is -0.399 e. The normalized spacial score (nSPS) is 21.6. The van der Waals surface area contributed by atoms with Gasteiger partial charge in [-0.15, -0.1) is 0 Å². The quantitative estimate of drug-likeness (QED) is 0.762. The molecule has 2 rings (SSSR count). The van der Waals surface area contributed by atoms with Gasteiger partial charge in [-0.3, -0.25) is 0 Å². The van der Waals surface area contributed by atoms with Gasteiger partial charge in [0.1, 0.15) is 11.5 Å². The van der Waals surface area contributed by atoms with Crippen molar-refractivity contribution >= 4 is 12.6 Å². The summed E-state index contributed by atoms with van der Waals surface area (Å²) in [7, 11) is 1.17. The monoisotopic (exact) mass is 253 g/mol. The lowest BCUT2D eigenvalue weighted by Gasteiger charge is -2.32. The van der Waals surface area contributed by atoms with Gasteiger partial charge in [-0.05, 0) is 34.6 Å². The van der Waals surface area contributed by atoms with E-state index < -0.39 is 7.12 Å². The van der Waals surface area contributed by atoms with E-state index in [2.05, 4.69) is 5.16 Å². The molecule has 0 amide bonds. The van der Waals surface area contributed by atoms with Gasteiger partial charge in [0.25, 0.3) is 0 Å². The average molecular weight is 253 g/mol. The molecule has 1 aliphatic heterocycles. The molecule has 5 nitrogen and oxygen atoms in total. The zero-order valence-corrected chi connectivity index (χ0v) is 11.9. The molecule has 1 aromatic rings. The molecule has 0 saturated carbocycles. The lowest BCUT2D eigenvalue weighted by molar-refractivity contribution is 0.00578. The van der Waals surface area contributed by atoms with Crippen LogP contribution in [-0.4, -0.2) is 30.6 Å². The molecule has 0 bridgehead atoms. The van der Waals surface area contributed by atoms with Crippen molar-refractivity contribution in [1.29, 1.82) is 0 Å². The smallest absolute Gasteiger partial charge is 0.399 e. The number of ether oxygens (including phenoxy) is 1. The van der Waals surface area contributed by atoms with Crippen molar-refractivity contribution in [1.82, 2.24) is 5.16 Å². The molecule has 1 fully saturated rings. The van der Waals surface area contributed by atoms with Crippen molar-refractivity contribution in [2.75, 3.05) is 7.11 Å². The number of aromatic nitrogens is 1. The Bertz CT molecular complexity index is 425. The van der Waals surface area contributed by atoms with E-state index >= 15 is 0 Å². The maximum atomic E-state index is 6.00. The van der Waals surface area contributed by atoms with Crippen LogP contribution < -0.4 is 5.46 Å². The Labute approximate surface area is 108 Å². The van der Waals surface area contributed by atoms with Gasteiger partial charge in [-0.25, -0.2) is 0 Å². The van der Waals surface area contributed by atoms with Gasteiger partial charge in [-0.2, -0.15) is 0 Å². The zero-order chi connectivity index (χ0) is 13.6. The van der Waals surface area contributed by atoms with Crippen LogP contribution in [0, 0.1) is 6.92 Å². The first-order valence-corrected chi connectivity index (χ1v) is 6.08. The fraction of sp³-hybridized carbons (Fsp3) is 0.750. The second-order valence-corrected chi connectivity index (χ2v) is 5.62. The van der Waals surface area contributed by atoms with Gasteiger partial charge in [0.15, 0.2) is 0 Å². The number of hydrogen-bond donors (Lipinski definition) is 0. The summed E-state index contributed by atoms with van der Waals surface area (Å²) in [6.45, 7) is 10.3. The molecule has 1 aliphatic rings. The highest BCUT2D eigenvalue weighted by molar-refractivity contribution is 6.63. The Morgan fingerprint density at radius 3 is 2.22 bits per heavy atom. The summed E-state index contributed by atoms with van der Waals surface area (Å²) in [5, 5.41) is 3.99. The van der Waals surface area contributed by atoms with Gasteiger partial charge in [0.05, 0.1) is 23.3 Å². The van der Waals surface area contributed by atoms with E-state index in [0.717, 1.165) is 11.2 Å². The molecule has 1 aromatic heterocycles. The average Bonchev–Trinajstić information content (AvgIpc) is 2.67. The van der Waals surface area contributed by atoms with Gasteiger partial charge in [0, 0.05) is 7.11 Å². The molecule has 1 saturated heterocycles. The van der Waals surface area contributed by atoms with Crippen molar-refractivity contribution in [3.05, 3.63) is 11.5 Å². The highest BCUT2D eigenvalue weighted by Crippen LogP contribution is 2.36. The predicted octanol–water partition coefficient (Wildman–Crippen LogP) is 1.43. The van der Waals surface area contributed by atoms with Gasteiger partial charge in [0.2, 0.25) is 0 Å². The van der Waals surface area contributed by atoms with Crippen LogP contribution in [0.4, 0.5) is 0 Å². The van der Waals surface area contributed by atoms with Crippen molar-refractivity contribution in [3.63, 3.8) is 0 Å². The molecule has 100 valence electrons. The summed E-state index contributed by atoms with van der Waals surface area (Å²) < 4.78 is 22.3. The van der Waals surface area contributed by atoms with Crippen LogP contribution in [0.2, 0.25) is 0 Å². The topological polar surface area (TPSA) is 53.7 Å². The summed E-state index contributed by atoms with van der Waals surface area (Å²) in [5.74, 6) is 0.709. The van der Waals surface area contributed by atoms with Gasteiger partial charge >= 0.3 is 7.12 Å². The Hall–Kier alpha value is -0.845. The molecule has 2 heterocycles. The highest BCUT2D eigenvalue weighted by atomic mass is 16.7. The highest BCUT2D eigenvalue weighted by Gasteiger charge is 2.53. The first-order valence-electron chi connectivity index (χ1n) is 6.08. The standard InChI is InChI=1S/C12H20BNO4/c1-8-10(9(7-15-6)14-16-8)13-17-11(2,3)12(4,5)18-13/h7H2,1-6H3. The van der Waals surface area contributed by atoms with Crippen LogP contribution in [0.25, 0.3) is 0 Å². The Balaban J connectivity index is 2.32. The Morgan fingerprint density at radius 2 is 1.72 bits per heavy atom. The van der Waals surface area contributed by atoms with E-state index in [9.17, 15) is 0 Å². The molecule has 0 unspecified atom stereocenters. The summed E-state index contributed by atoms with van der Waals surface area (Å²) in [5.41, 5.74) is 0.834. The molecule has 0 radical (unpaired) electrons. The first-order chi connectivity index (χ1) is 8.28. The first kappa shape index (κ1) is 13.6. The zero-order valence-electron chi connectivity index (χ0n) is 11.9. The largest absolute Gasteiger partial charge is 0.500 e. The molecular weight excluding hydrogens is 233 g/mol. The molecular formula is C12H20BNO4. The summed E-state index contributed by atoms with van der Waals surface area (Å²) >= 11 is 0. The molecule has 0 aliphatic carbocycles. The van der Waals surface area contributed by atoms with E-state index in [-0.39, 0.29) is 11.2 Å². The van der Waals surface area contributed by atoms with Crippen molar-refractivity contribution in [3.8, 4) is 0 Å². The lowest BCUT2D eigenvalue weighted by Crippen LogP contribution is -2.41. The molecule has 0 N–H and O–H groups in total. The summed E-state index contributed by atoms with van der Waals surface area (Å²) in [6.07, 6.45) is 0. The number of methoxy groups -OCH3 is 1. The van der Waals surface area contributed by atoms with Crippen LogP contribution in [0.3, 0.4) is 0 Å². The van der Waals surface area contributed by atoms with Crippen LogP contribution >= 0.6 is 0 Å². The van der Waals surface area contributed by atoms with Crippen molar-refractivity contribution in [2.45, 2.75) is 52.4 Å². The predicted molar refractivity (Wildman–Crippen MR) is 67.7 cm³/mol. The maximum Gasteiger partial charge on any atom is 0.500 e. The van der Waals surface area contributed by atoms with E-state index in [1.54, 1.807) is 7.11 Å². The third-order valence-corrected chi connectivity index (χ3v) is 3.75. The minimum absolute atomic E-state index is 0.369. The fourth-order valence-electron chi connectivity index (χ4n) is 1.93. The van der Waals surface area contributed by atoms with Crippen LogP contribution in [0.1, 0.15) is 39.1 Å². The minimum atomic E-state index is -0.452.